The fraction of sp³-hybridized carbons (Fsp3) is 0.588. The van der Waals surface area contributed by atoms with Gasteiger partial charge in [-0.2, -0.15) is 0 Å². The van der Waals surface area contributed by atoms with Crippen molar-refractivity contribution in [3.8, 4) is 0 Å². The van der Waals surface area contributed by atoms with Gasteiger partial charge in [0, 0.05) is 13.0 Å². The van der Waals surface area contributed by atoms with Crippen molar-refractivity contribution in [2.75, 3.05) is 19.6 Å². The first-order valence-electron chi connectivity index (χ1n) is 7.69. The third-order valence-corrected chi connectivity index (χ3v) is 4.24. The molecule has 1 saturated heterocycles. The van der Waals surface area contributed by atoms with E-state index in [9.17, 15) is 4.79 Å². The Balaban J connectivity index is 0.00000220. The zero-order valence-corrected chi connectivity index (χ0v) is 13.7. The summed E-state index contributed by atoms with van der Waals surface area (Å²) in [5.74, 6) is 0.195. The Labute approximate surface area is 134 Å². The standard InChI is InChI=1S/C17H26N2O.ClH/c1-17(10-12-18-13-11-17)14-19-16(20)9-5-8-15-6-3-2-4-7-15;/h2-4,6-7,18H,5,8-14H2,1H3,(H,19,20);1H. The van der Waals surface area contributed by atoms with Gasteiger partial charge in [-0.1, -0.05) is 37.3 Å². The van der Waals surface area contributed by atoms with E-state index in [0.29, 0.717) is 6.42 Å². The minimum absolute atomic E-state index is 0. The summed E-state index contributed by atoms with van der Waals surface area (Å²) >= 11 is 0. The first-order chi connectivity index (χ1) is 9.68. The van der Waals surface area contributed by atoms with Gasteiger partial charge >= 0.3 is 0 Å². The van der Waals surface area contributed by atoms with Gasteiger partial charge in [0.05, 0.1) is 0 Å². The lowest BCUT2D eigenvalue weighted by Crippen LogP contribution is -2.42. The molecule has 4 heteroatoms. The van der Waals surface area contributed by atoms with Crippen LogP contribution in [-0.2, 0) is 11.2 Å². The van der Waals surface area contributed by atoms with Gasteiger partial charge in [-0.15, -0.1) is 12.4 Å². The molecule has 1 heterocycles. The Bertz CT molecular complexity index is 416. The van der Waals surface area contributed by atoms with Gasteiger partial charge in [0.1, 0.15) is 0 Å². The molecule has 0 radical (unpaired) electrons. The van der Waals surface area contributed by atoms with Crippen LogP contribution in [-0.4, -0.2) is 25.5 Å². The quantitative estimate of drug-likeness (QED) is 0.848. The summed E-state index contributed by atoms with van der Waals surface area (Å²) in [5, 5.41) is 6.48. The maximum absolute atomic E-state index is 11.9. The predicted octanol–water partition coefficient (Wildman–Crippen LogP) is 2.94. The molecule has 0 saturated carbocycles. The molecule has 1 amide bonds. The molecular weight excluding hydrogens is 284 g/mol. The van der Waals surface area contributed by atoms with Crippen molar-refractivity contribution in [2.24, 2.45) is 5.41 Å². The molecule has 0 unspecified atom stereocenters. The lowest BCUT2D eigenvalue weighted by molar-refractivity contribution is -0.121. The number of rotatable bonds is 6. The molecule has 0 spiro atoms. The smallest absolute Gasteiger partial charge is 0.220 e. The number of aryl methyl sites for hydroxylation is 1. The normalized spacial score (nSPS) is 16.8. The number of hydrogen-bond donors (Lipinski definition) is 2. The van der Waals surface area contributed by atoms with Crippen LogP contribution in [0.15, 0.2) is 30.3 Å². The van der Waals surface area contributed by atoms with Gasteiger partial charge < -0.3 is 10.6 Å². The van der Waals surface area contributed by atoms with Crippen LogP contribution in [0.3, 0.4) is 0 Å². The zero-order valence-electron chi connectivity index (χ0n) is 12.9. The lowest BCUT2D eigenvalue weighted by Gasteiger charge is -2.34. The molecular formula is C17H27ClN2O. The lowest BCUT2D eigenvalue weighted by atomic mass is 9.81. The molecule has 1 aliphatic heterocycles. The Morgan fingerprint density at radius 1 is 1.24 bits per heavy atom. The third-order valence-electron chi connectivity index (χ3n) is 4.24. The minimum Gasteiger partial charge on any atom is -0.356 e. The Morgan fingerprint density at radius 2 is 1.90 bits per heavy atom. The van der Waals surface area contributed by atoms with Crippen molar-refractivity contribution in [1.29, 1.82) is 0 Å². The molecule has 3 nitrogen and oxygen atoms in total. The maximum atomic E-state index is 11.9. The van der Waals surface area contributed by atoms with Crippen LogP contribution in [0.1, 0.15) is 38.2 Å². The molecule has 21 heavy (non-hydrogen) atoms. The van der Waals surface area contributed by atoms with E-state index in [1.807, 2.05) is 18.2 Å². The van der Waals surface area contributed by atoms with E-state index in [-0.39, 0.29) is 23.7 Å². The van der Waals surface area contributed by atoms with E-state index in [4.69, 9.17) is 0 Å². The van der Waals surface area contributed by atoms with Crippen molar-refractivity contribution in [1.82, 2.24) is 10.6 Å². The molecule has 0 aliphatic carbocycles. The van der Waals surface area contributed by atoms with Crippen molar-refractivity contribution in [2.45, 2.75) is 39.0 Å². The summed E-state index contributed by atoms with van der Waals surface area (Å²) in [7, 11) is 0. The topological polar surface area (TPSA) is 41.1 Å². The second-order valence-corrected chi connectivity index (χ2v) is 6.18. The minimum atomic E-state index is 0. The number of halogens is 1. The van der Waals surface area contributed by atoms with Crippen LogP contribution in [0.2, 0.25) is 0 Å². The Morgan fingerprint density at radius 3 is 2.57 bits per heavy atom. The van der Waals surface area contributed by atoms with Crippen molar-refractivity contribution < 1.29 is 4.79 Å². The van der Waals surface area contributed by atoms with Gasteiger partial charge in [-0.3, -0.25) is 4.79 Å². The van der Waals surface area contributed by atoms with E-state index in [1.54, 1.807) is 0 Å². The van der Waals surface area contributed by atoms with E-state index >= 15 is 0 Å². The molecule has 0 bridgehead atoms. The monoisotopic (exact) mass is 310 g/mol. The first-order valence-corrected chi connectivity index (χ1v) is 7.69. The highest BCUT2D eigenvalue weighted by Gasteiger charge is 2.26. The number of amides is 1. The second-order valence-electron chi connectivity index (χ2n) is 6.18. The zero-order chi connectivity index (χ0) is 14.3. The summed E-state index contributed by atoms with van der Waals surface area (Å²) in [6.07, 6.45) is 4.83. The summed E-state index contributed by atoms with van der Waals surface area (Å²) in [6.45, 7) is 5.23. The third kappa shape index (κ3) is 6.49. The molecule has 1 fully saturated rings. The number of carbonyl (C=O) groups is 1. The fourth-order valence-electron chi connectivity index (χ4n) is 2.71. The highest BCUT2D eigenvalue weighted by molar-refractivity contribution is 5.85. The van der Waals surface area contributed by atoms with Crippen LogP contribution in [0, 0.1) is 5.41 Å². The SMILES string of the molecule is CC1(CNC(=O)CCCc2ccccc2)CCNCC1.Cl. The first kappa shape index (κ1) is 18.0. The number of carbonyl (C=O) groups excluding carboxylic acids is 1. The molecule has 1 aromatic rings. The average Bonchev–Trinajstić information content (AvgIpc) is 2.47. The number of hydrogen-bond acceptors (Lipinski definition) is 2. The van der Waals surface area contributed by atoms with Crippen LogP contribution in [0.4, 0.5) is 0 Å². The van der Waals surface area contributed by atoms with E-state index < -0.39 is 0 Å². The van der Waals surface area contributed by atoms with Gasteiger partial charge in [-0.05, 0) is 49.8 Å². The highest BCUT2D eigenvalue weighted by atomic mass is 35.5. The number of nitrogens with one attached hydrogen (secondary N) is 2. The van der Waals surface area contributed by atoms with E-state index in [0.717, 1.165) is 45.3 Å². The molecule has 2 rings (SSSR count). The van der Waals surface area contributed by atoms with Crippen molar-refractivity contribution in [3.63, 3.8) is 0 Å². The van der Waals surface area contributed by atoms with E-state index in [2.05, 4.69) is 29.7 Å². The molecule has 118 valence electrons. The van der Waals surface area contributed by atoms with E-state index in [1.165, 1.54) is 5.56 Å². The molecule has 1 aromatic carbocycles. The summed E-state index contributed by atoms with van der Waals surface area (Å²) in [6, 6.07) is 10.4. The Hall–Kier alpha value is -1.06. The van der Waals surface area contributed by atoms with Crippen molar-refractivity contribution >= 4 is 18.3 Å². The van der Waals surface area contributed by atoms with Gasteiger partial charge in [0.15, 0.2) is 0 Å². The molecule has 0 atom stereocenters. The molecule has 1 aliphatic rings. The summed E-state index contributed by atoms with van der Waals surface area (Å²) in [4.78, 5) is 11.9. The fourth-order valence-corrected chi connectivity index (χ4v) is 2.71. The molecule has 2 N–H and O–H groups in total. The number of benzene rings is 1. The number of piperidine rings is 1. The summed E-state index contributed by atoms with van der Waals surface area (Å²) < 4.78 is 0. The Kier molecular flexibility index (Phi) is 7.76. The van der Waals surface area contributed by atoms with Crippen LogP contribution in [0.25, 0.3) is 0 Å². The second kappa shape index (κ2) is 9.06. The van der Waals surface area contributed by atoms with Crippen LogP contribution in [0.5, 0.6) is 0 Å². The van der Waals surface area contributed by atoms with Crippen LogP contribution >= 0.6 is 12.4 Å². The maximum Gasteiger partial charge on any atom is 0.220 e. The van der Waals surface area contributed by atoms with Gasteiger partial charge in [0.25, 0.3) is 0 Å². The van der Waals surface area contributed by atoms with Crippen LogP contribution < -0.4 is 10.6 Å². The van der Waals surface area contributed by atoms with Gasteiger partial charge in [0.2, 0.25) is 5.91 Å². The summed E-state index contributed by atoms with van der Waals surface area (Å²) in [5.41, 5.74) is 1.59. The predicted molar refractivity (Wildman–Crippen MR) is 89.8 cm³/mol. The molecule has 0 aromatic heterocycles. The largest absolute Gasteiger partial charge is 0.356 e. The average molecular weight is 311 g/mol. The van der Waals surface area contributed by atoms with Crippen molar-refractivity contribution in [3.05, 3.63) is 35.9 Å². The van der Waals surface area contributed by atoms with Gasteiger partial charge in [-0.25, -0.2) is 0 Å². The highest BCUT2D eigenvalue weighted by Crippen LogP contribution is 2.26.